The molecule has 1 heterocycles. The average Bonchev–Trinajstić information content (AvgIpc) is 2.53. The van der Waals surface area contributed by atoms with Crippen molar-refractivity contribution in [2.45, 2.75) is 45.7 Å². The van der Waals surface area contributed by atoms with E-state index >= 15 is 0 Å². The largest absolute Gasteiger partial charge is 0.366 e. The summed E-state index contributed by atoms with van der Waals surface area (Å²) in [5.74, 6) is 0. The number of nitrogens with zero attached hydrogens (tertiary/aromatic N) is 1. The maximum absolute atomic E-state index is 2.56. The Morgan fingerprint density at radius 3 is 2.86 bits per heavy atom. The molecule has 76 valence electrons. The predicted octanol–water partition coefficient (Wildman–Crippen LogP) is 3.24. The van der Waals surface area contributed by atoms with Gasteiger partial charge in [0.2, 0.25) is 0 Å². The smallest absolute Gasteiger partial charge is 0.0404 e. The van der Waals surface area contributed by atoms with E-state index in [4.69, 9.17) is 0 Å². The first-order chi connectivity index (χ1) is 6.74. The van der Waals surface area contributed by atoms with E-state index in [-0.39, 0.29) is 0 Å². The van der Waals surface area contributed by atoms with Crippen LogP contribution in [-0.4, -0.2) is 12.1 Å². The lowest BCUT2D eigenvalue weighted by Gasteiger charge is -2.31. The van der Waals surface area contributed by atoms with Crippen LogP contribution in [0.4, 0.5) is 5.69 Å². The molecule has 1 aliphatic heterocycles. The first-order valence-corrected chi connectivity index (χ1v) is 5.60. The van der Waals surface area contributed by atoms with E-state index in [9.17, 15) is 0 Å². The molecule has 1 aromatic rings. The number of para-hydroxylation sites is 1. The Balaban J connectivity index is 2.34. The van der Waals surface area contributed by atoms with Crippen molar-refractivity contribution in [3.8, 4) is 0 Å². The molecule has 14 heavy (non-hydrogen) atoms. The second kappa shape index (κ2) is 3.64. The number of hydrogen-bond donors (Lipinski definition) is 0. The summed E-state index contributed by atoms with van der Waals surface area (Å²) in [7, 11) is 0. The highest BCUT2D eigenvalue weighted by Crippen LogP contribution is 2.33. The van der Waals surface area contributed by atoms with E-state index in [1.54, 1.807) is 0 Å². The minimum absolute atomic E-state index is 0.661. The van der Waals surface area contributed by atoms with E-state index in [1.165, 1.54) is 24.1 Å². The summed E-state index contributed by atoms with van der Waals surface area (Å²) in [6.07, 6.45) is 2.43. The zero-order valence-electron chi connectivity index (χ0n) is 9.33. The number of benzene rings is 1. The van der Waals surface area contributed by atoms with Crippen LogP contribution < -0.4 is 4.90 Å². The molecule has 0 fully saturated rings. The molecule has 1 nitrogen and oxygen atoms in total. The van der Waals surface area contributed by atoms with Crippen LogP contribution in [-0.2, 0) is 6.42 Å². The van der Waals surface area contributed by atoms with Crippen molar-refractivity contribution in [2.24, 2.45) is 0 Å². The molecule has 1 aliphatic rings. The molecule has 2 unspecified atom stereocenters. The van der Waals surface area contributed by atoms with Crippen molar-refractivity contribution in [1.29, 1.82) is 0 Å². The van der Waals surface area contributed by atoms with Crippen molar-refractivity contribution < 1.29 is 0 Å². The van der Waals surface area contributed by atoms with Crippen molar-refractivity contribution in [2.75, 3.05) is 4.90 Å². The minimum atomic E-state index is 0.661. The van der Waals surface area contributed by atoms with Crippen LogP contribution in [0, 0.1) is 0 Å². The number of rotatable bonds is 2. The van der Waals surface area contributed by atoms with Gasteiger partial charge in [-0.25, -0.2) is 0 Å². The first kappa shape index (κ1) is 9.57. The Labute approximate surface area is 86.7 Å². The summed E-state index contributed by atoms with van der Waals surface area (Å²) in [5.41, 5.74) is 2.97. The van der Waals surface area contributed by atoms with Crippen molar-refractivity contribution >= 4 is 5.69 Å². The van der Waals surface area contributed by atoms with E-state index in [0.717, 1.165) is 0 Å². The summed E-state index contributed by atoms with van der Waals surface area (Å²) in [6, 6.07) is 10.1. The molecule has 0 radical (unpaired) electrons. The van der Waals surface area contributed by atoms with E-state index in [0.29, 0.717) is 12.1 Å². The lowest BCUT2D eigenvalue weighted by molar-refractivity contribution is 0.562. The lowest BCUT2D eigenvalue weighted by atomic mass is 10.1. The average molecular weight is 189 g/mol. The molecule has 0 N–H and O–H groups in total. The number of anilines is 1. The molecule has 0 saturated heterocycles. The van der Waals surface area contributed by atoms with Crippen LogP contribution in [0.15, 0.2) is 24.3 Å². The normalized spacial score (nSPS) is 22.2. The van der Waals surface area contributed by atoms with E-state index < -0.39 is 0 Å². The van der Waals surface area contributed by atoms with Gasteiger partial charge in [0, 0.05) is 17.8 Å². The van der Waals surface area contributed by atoms with E-state index in [2.05, 4.69) is 49.9 Å². The Morgan fingerprint density at radius 1 is 1.43 bits per heavy atom. The van der Waals surface area contributed by atoms with Crippen LogP contribution in [0.3, 0.4) is 0 Å². The quantitative estimate of drug-likeness (QED) is 0.690. The zero-order valence-corrected chi connectivity index (χ0v) is 9.33. The molecule has 1 aromatic carbocycles. The Morgan fingerprint density at radius 2 is 2.14 bits per heavy atom. The molecule has 0 bridgehead atoms. The van der Waals surface area contributed by atoms with Gasteiger partial charge < -0.3 is 4.90 Å². The lowest BCUT2D eigenvalue weighted by Crippen LogP contribution is -2.37. The summed E-state index contributed by atoms with van der Waals surface area (Å²) in [5, 5.41) is 0. The summed E-state index contributed by atoms with van der Waals surface area (Å²) in [6.45, 7) is 6.91. The van der Waals surface area contributed by atoms with Gasteiger partial charge in [0.05, 0.1) is 0 Å². The van der Waals surface area contributed by atoms with E-state index in [1.807, 2.05) is 0 Å². The highest BCUT2D eigenvalue weighted by Gasteiger charge is 2.27. The van der Waals surface area contributed by atoms with Crippen molar-refractivity contribution in [1.82, 2.24) is 0 Å². The van der Waals surface area contributed by atoms with Gasteiger partial charge >= 0.3 is 0 Å². The molecule has 2 rings (SSSR count). The van der Waals surface area contributed by atoms with Crippen LogP contribution in [0.25, 0.3) is 0 Å². The Bertz CT molecular complexity index is 315. The highest BCUT2D eigenvalue weighted by atomic mass is 15.2. The Hall–Kier alpha value is -0.980. The number of fused-ring (bicyclic) bond motifs is 1. The SMILES string of the molecule is CCC(C)N1c2ccccc2CC1C. The molecule has 0 aromatic heterocycles. The summed E-state index contributed by atoms with van der Waals surface area (Å²) >= 11 is 0. The topological polar surface area (TPSA) is 3.24 Å². The van der Waals surface area contributed by atoms with Gasteiger partial charge in [0.1, 0.15) is 0 Å². The van der Waals surface area contributed by atoms with Gasteiger partial charge in [-0.15, -0.1) is 0 Å². The van der Waals surface area contributed by atoms with Crippen molar-refractivity contribution in [3.05, 3.63) is 29.8 Å². The third-order valence-electron chi connectivity index (χ3n) is 3.33. The van der Waals surface area contributed by atoms with Gasteiger partial charge in [0.25, 0.3) is 0 Å². The molecule has 0 spiro atoms. The molecule has 0 aliphatic carbocycles. The van der Waals surface area contributed by atoms with Gasteiger partial charge in [-0.1, -0.05) is 25.1 Å². The summed E-state index contributed by atoms with van der Waals surface area (Å²) < 4.78 is 0. The first-order valence-electron chi connectivity index (χ1n) is 5.60. The molecule has 2 atom stereocenters. The maximum Gasteiger partial charge on any atom is 0.0404 e. The van der Waals surface area contributed by atoms with Crippen molar-refractivity contribution in [3.63, 3.8) is 0 Å². The number of hydrogen-bond acceptors (Lipinski definition) is 1. The van der Waals surface area contributed by atoms with Gasteiger partial charge in [-0.05, 0) is 38.3 Å². The second-order valence-electron chi connectivity index (χ2n) is 4.35. The van der Waals surface area contributed by atoms with Crippen LogP contribution in [0.1, 0.15) is 32.8 Å². The van der Waals surface area contributed by atoms with Gasteiger partial charge in [0.15, 0.2) is 0 Å². The predicted molar refractivity (Wildman–Crippen MR) is 61.8 cm³/mol. The fourth-order valence-corrected chi connectivity index (χ4v) is 2.46. The fourth-order valence-electron chi connectivity index (χ4n) is 2.46. The van der Waals surface area contributed by atoms with Gasteiger partial charge in [-0.3, -0.25) is 0 Å². The summed E-state index contributed by atoms with van der Waals surface area (Å²) in [4.78, 5) is 2.56. The molecule has 0 saturated carbocycles. The monoisotopic (exact) mass is 189 g/mol. The highest BCUT2D eigenvalue weighted by molar-refractivity contribution is 5.59. The molecular formula is C13H19N. The van der Waals surface area contributed by atoms with Crippen LogP contribution in [0.2, 0.25) is 0 Å². The maximum atomic E-state index is 2.56. The van der Waals surface area contributed by atoms with Crippen LogP contribution in [0.5, 0.6) is 0 Å². The van der Waals surface area contributed by atoms with Crippen LogP contribution >= 0.6 is 0 Å². The van der Waals surface area contributed by atoms with Gasteiger partial charge in [-0.2, -0.15) is 0 Å². The standard InChI is InChI=1S/C13H19N/c1-4-10(2)14-11(3)9-12-7-5-6-8-13(12)14/h5-8,10-11H,4,9H2,1-3H3. The minimum Gasteiger partial charge on any atom is -0.366 e. The zero-order chi connectivity index (χ0) is 10.1. The Kier molecular flexibility index (Phi) is 2.49. The molecule has 1 heteroatoms. The molecular weight excluding hydrogens is 170 g/mol. The third kappa shape index (κ3) is 1.41. The fraction of sp³-hybridized carbons (Fsp3) is 0.538. The third-order valence-corrected chi connectivity index (χ3v) is 3.33. The second-order valence-corrected chi connectivity index (χ2v) is 4.35. The molecule has 0 amide bonds.